The van der Waals surface area contributed by atoms with Crippen molar-refractivity contribution in [1.29, 1.82) is 0 Å². The first-order chi connectivity index (χ1) is 5.77. The Morgan fingerprint density at radius 3 is 2.83 bits per heavy atom. The summed E-state index contributed by atoms with van der Waals surface area (Å²) in [5.41, 5.74) is 3.03. The maximum absolute atomic E-state index is 4.36. The standard InChI is InChI=1S/C10H10N2/c1-7(2)10-11-8-5-3-4-6-9(8)12-10/h3-6H,1H2,2H3,(H,11,12). The number of aromatic nitrogens is 2. The number of aromatic amines is 1. The molecule has 2 aromatic rings. The fraction of sp³-hybridized carbons (Fsp3) is 0.100. The lowest BCUT2D eigenvalue weighted by Crippen LogP contribution is -1.78. The summed E-state index contributed by atoms with van der Waals surface area (Å²) in [6.45, 7) is 5.77. The van der Waals surface area contributed by atoms with Gasteiger partial charge in [0.25, 0.3) is 0 Å². The van der Waals surface area contributed by atoms with E-state index in [-0.39, 0.29) is 0 Å². The first-order valence-corrected chi connectivity index (χ1v) is 3.88. The highest BCUT2D eigenvalue weighted by atomic mass is 14.9. The lowest BCUT2D eigenvalue weighted by atomic mass is 10.3. The second kappa shape index (κ2) is 2.48. The molecule has 2 rings (SSSR count). The zero-order valence-corrected chi connectivity index (χ0v) is 6.96. The number of hydrogen-bond donors (Lipinski definition) is 1. The molecule has 1 aromatic carbocycles. The largest absolute Gasteiger partial charge is 0.338 e. The number of nitrogens with zero attached hydrogens (tertiary/aromatic N) is 1. The van der Waals surface area contributed by atoms with Gasteiger partial charge in [-0.15, -0.1) is 0 Å². The number of fused-ring (bicyclic) bond motifs is 1. The van der Waals surface area contributed by atoms with E-state index in [0.29, 0.717) is 0 Å². The number of H-pyrrole nitrogens is 1. The van der Waals surface area contributed by atoms with Gasteiger partial charge in [-0.2, -0.15) is 0 Å². The molecule has 0 saturated heterocycles. The van der Waals surface area contributed by atoms with E-state index < -0.39 is 0 Å². The van der Waals surface area contributed by atoms with Crippen LogP contribution in [0.4, 0.5) is 0 Å². The molecule has 0 spiro atoms. The first kappa shape index (κ1) is 7.10. The van der Waals surface area contributed by atoms with Crippen molar-refractivity contribution in [1.82, 2.24) is 9.97 Å². The van der Waals surface area contributed by atoms with E-state index in [9.17, 15) is 0 Å². The van der Waals surface area contributed by atoms with Crippen molar-refractivity contribution in [2.24, 2.45) is 0 Å². The van der Waals surface area contributed by atoms with Gasteiger partial charge in [-0.05, 0) is 24.6 Å². The van der Waals surface area contributed by atoms with Crippen molar-refractivity contribution in [3.8, 4) is 0 Å². The van der Waals surface area contributed by atoms with Crippen LogP contribution in [0.3, 0.4) is 0 Å². The Bertz CT molecular complexity index is 393. The summed E-state index contributed by atoms with van der Waals surface area (Å²) >= 11 is 0. The van der Waals surface area contributed by atoms with E-state index in [2.05, 4.69) is 16.5 Å². The molecule has 0 fully saturated rings. The summed E-state index contributed by atoms with van der Waals surface area (Å²) in [5, 5.41) is 0. The second-order valence-corrected chi connectivity index (χ2v) is 2.88. The van der Waals surface area contributed by atoms with E-state index in [4.69, 9.17) is 0 Å². The SMILES string of the molecule is C=C(C)c1nc2ccccc2[nH]1. The normalized spacial score (nSPS) is 10.4. The monoisotopic (exact) mass is 158 g/mol. The molecule has 0 atom stereocenters. The highest BCUT2D eigenvalue weighted by molar-refractivity contribution is 5.77. The second-order valence-electron chi connectivity index (χ2n) is 2.88. The van der Waals surface area contributed by atoms with Crippen LogP contribution in [-0.4, -0.2) is 9.97 Å². The number of hydrogen-bond acceptors (Lipinski definition) is 1. The van der Waals surface area contributed by atoms with Crippen molar-refractivity contribution in [3.05, 3.63) is 36.7 Å². The fourth-order valence-corrected chi connectivity index (χ4v) is 1.15. The van der Waals surface area contributed by atoms with Gasteiger partial charge in [-0.25, -0.2) is 4.98 Å². The van der Waals surface area contributed by atoms with E-state index in [1.165, 1.54) is 0 Å². The van der Waals surface area contributed by atoms with Gasteiger partial charge in [-0.1, -0.05) is 18.7 Å². The van der Waals surface area contributed by atoms with Crippen LogP contribution in [-0.2, 0) is 0 Å². The Morgan fingerprint density at radius 2 is 2.17 bits per heavy atom. The summed E-state index contributed by atoms with van der Waals surface area (Å²) in [6.07, 6.45) is 0. The van der Waals surface area contributed by atoms with Gasteiger partial charge in [0.05, 0.1) is 11.0 Å². The predicted octanol–water partition coefficient (Wildman–Crippen LogP) is 2.60. The number of para-hydroxylation sites is 2. The van der Waals surface area contributed by atoms with E-state index in [1.54, 1.807) is 0 Å². The zero-order chi connectivity index (χ0) is 8.55. The lowest BCUT2D eigenvalue weighted by Gasteiger charge is -1.87. The third-order valence-corrected chi connectivity index (χ3v) is 1.79. The third kappa shape index (κ3) is 1.01. The number of allylic oxidation sites excluding steroid dienone is 1. The summed E-state index contributed by atoms with van der Waals surface area (Å²) in [5.74, 6) is 0.871. The Hall–Kier alpha value is -1.57. The van der Waals surface area contributed by atoms with Crippen LogP contribution in [0.2, 0.25) is 0 Å². The summed E-state index contributed by atoms with van der Waals surface area (Å²) in [6, 6.07) is 7.96. The molecule has 2 nitrogen and oxygen atoms in total. The highest BCUT2D eigenvalue weighted by Gasteiger charge is 2.00. The van der Waals surface area contributed by atoms with Crippen LogP contribution < -0.4 is 0 Å². The van der Waals surface area contributed by atoms with Gasteiger partial charge in [-0.3, -0.25) is 0 Å². The number of rotatable bonds is 1. The van der Waals surface area contributed by atoms with Crippen molar-refractivity contribution >= 4 is 16.6 Å². The quantitative estimate of drug-likeness (QED) is 0.679. The minimum atomic E-state index is 0.871. The molecule has 0 bridgehead atoms. The van der Waals surface area contributed by atoms with Crippen molar-refractivity contribution in [2.45, 2.75) is 6.92 Å². The molecule has 0 saturated carbocycles. The molecule has 0 unspecified atom stereocenters. The molecule has 0 amide bonds. The zero-order valence-electron chi connectivity index (χ0n) is 6.96. The maximum Gasteiger partial charge on any atom is 0.133 e. The molecule has 0 radical (unpaired) electrons. The van der Waals surface area contributed by atoms with Crippen LogP contribution >= 0.6 is 0 Å². The average molecular weight is 158 g/mol. The van der Waals surface area contributed by atoms with E-state index in [1.807, 2.05) is 31.2 Å². The van der Waals surface area contributed by atoms with Gasteiger partial charge >= 0.3 is 0 Å². The molecule has 1 heterocycles. The molecule has 1 N–H and O–H groups in total. The smallest absolute Gasteiger partial charge is 0.133 e. The Balaban J connectivity index is 2.70. The topological polar surface area (TPSA) is 28.7 Å². The van der Waals surface area contributed by atoms with Gasteiger partial charge in [0.1, 0.15) is 5.82 Å². The van der Waals surface area contributed by atoms with Crippen LogP contribution in [0.1, 0.15) is 12.7 Å². The Labute approximate surface area is 70.9 Å². The minimum Gasteiger partial charge on any atom is -0.338 e. The average Bonchev–Trinajstić information content (AvgIpc) is 2.46. The van der Waals surface area contributed by atoms with E-state index >= 15 is 0 Å². The van der Waals surface area contributed by atoms with Crippen LogP contribution in [0.25, 0.3) is 16.6 Å². The van der Waals surface area contributed by atoms with Crippen LogP contribution in [0.15, 0.2) is 30.8 Å². The molecule has 1 aromatic heterocycles. The molecular formula is C10H10N2. The molecule has 12 heavy (non-hydrogen) atoms. The van der Waals surface area contributed by atoms with Gasteiger partial charge in [0, 0.05) is 0 Å². The van der Waals surface area contributed by atoms with Crippen LogP contribution in [0.5, 0.6) is 0 Å². The first-order valence-electron chi connectivity index (χ1n) is 3.88. The minimum absolute atomic E-state index is 0.871. The molecular weight excluding hydrogens is 148 g/mol. The third-order valence-electron chi connectivity index (χ3n) is 1.79. The molecule has 0 aliphatic rings. The predicted molar refractivity (Wildman–Crippen MR) is 50.8 cm³/mol. The van der Waals surface area contributed by atoms with Gasteiger partial charge in [0.15, 0.2) is 0 Å². The molecule has 60 valence electrons. The fourth-order valence-electron chi connectivity index (χ4n) is 1.15. The van der Waals surface area contributed by atoms with E-state index in [0.717, 1.165) is 22.4 Å². The number of nitrogens with one attached hydrogen (secondary N) is 1. The van der Waals surface area contributed by atoms with Crippen molar-refractivity contribution in [3.63, 3.8) is 0 Å². The van der Waals surface area contributed by atoms with Crippen molar-refractivity contribution in [2.75, 3.05) is 0 Å². The molecule has 0 aliphatic heterocycles. The number of imidazole rings is 1. The van der Waals surface area contributed by atoms with Gasteiger partial charge < -0.3 is 4.98 Å². The Kier molecular flexibility index (Phi) is 1.47. The summed E-state index contributed by atoms with van der Waals surface area (Å²) in [7, 11) is 0. The molecule has 2 heteroatoms. The van der Waals surface area contributed by atoms with Crippen LogP contribution in [0, 0.1) is 0 Å². The lowest BCUT2D eigenvalue weighted by molar-refractivity contribution is 1.26. The highest BCUT2D eigenvalue weighted by Crippen LogP contribution is 2.14. The van der Waals surface area contributed by atoms with Crippen molar-refractivity contribution < 1.29 is 0 Å². The molecule has 0 aliphatic carbocycles. The van der Waals surface area contributed by atoms with Gasteiger partial charge in [0.2, 0.25) is 0 Å². The summed E-state index contributed by atoms with van der Waals surface area (Å²) < 4.78 is 0. The Morgan fingerprint density at radius 1 is 1.42 bits per heavy atom. The number of benzene rings is 1. The summed E-state index contributed by atoms with van der Waals surface area (Å²) in [4.78, 5) is 7.54. The maximum atomic E-state index is 4.36.